The van der Waals surface area contributed by atoms with Gasteiger partial charge in [0.2, 0.25) is 5.91 Å². The number of anilines is 1. The molecule has 32 heavy (non-hydrogen) atoms. The van der Waals surface area contributed by atoms with E-state index in [9.17, 15) is 4.79 Å². The number of rotatable bonds is 10. The van der Waals surface area contributed by atoms with E-state index in [1.807, 2.05) is 53.1 Å². The molecule has 0 unspecified atom stereocenters. The molecule has 7 nitrogen and oxygen atoms in total. The van der Waals surface area contributed by atoms with Crippen molar-refractivity contribution in [3.8, 4) is 5.69 Å². The van der Waals surface area contributed by atoms with Crippen LogP contribution in [-0.2, 0) is 16.1 Å². The van der Waals surface area contributed by atoms with Crippen LogP contribution in [0.3, 0.4) is 0 Å². The van der Waals surface area contributed by atoms with Gasteiger partial charge in [0.25, 0.3) is 0 Å². The molecule has 2 heterocycles. The lowest BCUT2D eigenvalue weighted by molar-refractivity contribution is -0.113. The highest BCUT2D eigenvalue weighted by Gasteiger charge is 2.16. The molecule has 0 saturated carbocycles. The second kappa shape index (κ2) is 11.0. The van der Waals surface area contributed by atoms with Gasteiger partial charge in [-0.3, -0.25) is 9.36 Å². The molecule has 0 fully saturated rings. The molecule has 0 aliphatic rings. The second-order valence-corrected chi connectivity index (χ2v) is 10.2. The molecule has 0 saturated heterocycles. The van der Waals surface area contributed by atoms with E-state index in [4.69, 9.17) is 4.74 Å². The van der Waals surface area contributed by atoms with Crippen molar-refractivity contribution in [2.45, 2.75) is 29.4 Å². The van der Waals surface area contributed by atoms with Gasteiger partial charge in [-0.25, -0.2) is 4.98 Å². The zero-order valence-electron chi connectivity index (χ0n) is 17.8. The van der Waals surface area contributed by atoms with Crippen molar-refractivity contribution < 1.29 is 9.53 Å². The van der Waals surface area contributed by atoms with Crippen LogP contribution in [0.15, 0.2) is 58.0 Å². The first-order valence-corrected chi connectivity index (χ1v) is 12.9. The SMILES string of the molecule is CCCSc1nc2ccc(NC(=O)CSc3nnc(COC)n3-c3ccccc3)cc2s1. The summed E-state index contributed by atoms with van der Waals surface area (Å²) >= 11 is 4.77. The van der Waals surface area contributed by atoms with Crippen molar-refractivity contribution in [2.75, 3.05) is 23.9 Å². The van der Waals surface area contributed by atoms with E-state index in [1.54, 1.807) is 30.2 Å². The minimum atomic E-state index is -0.102. The quantitative estimate of drug-likeness (QED) is 0.307. The molecule has 1 N–H and O–H groups in total. The number of carbonyl (C=O) groups is 1. The summed E-state index contributed by atoms with van der Waals surface area (Å²) in [5.41, 5.74) is 2.66. The number of benzene rings is 2. The molecule has 4 aromatic rings. The van der Waals surface area contributed by atoms with E-state index < -0.39 is 0 Å². The molecule has 0 spiro atoms. The number of thiazole rings is 1. The summed E-state index contributed by atoms with van der Waals surface area (Å²) in [6.45, 7) is 2.49. The summed E-state index contributed by atoms with van der Waals surface area (Å²) in [4.78, 5) is 17.3. The van der Waals surface area contributed by atoms with Crippen molar-refractivity contribution in [1.82, 2.24) is 19.7 Å². The fourth-order valence-corrected chi connectivity index (χ4v) is 5.82. The smallest absolute Gasteiger partial charge is 0.234 e. The lowest BCUT2D eigenvalue weighted by Crippen LogP contribution is -2.14. The first-order valence-electron chi connectivity index (χ1n) is 10.1. The molecule has 166 valence electrons. The monoisotopic (exact) mass is 485 g/mol. The number of methoxy groups -OCH3 is 1. The Labute approximate surface area is 199 Å². The van der Waals surface area contributed by atoms with Crippen molar-refractivity contribution in [2.24, 2.45) is 0 Å². The molecule has 0 atom stereocenters. The molecular weight excluding hydrogens is 462 g/mol. The van der Waals surface area contributed by atoms with Gasteiger partial charge in [0.1, 0.15) is 6.61 Å². The number of nitrogens with one attached hydrogen (secondary N) is 1. The van der Waals surface area contributed by atoms with Gasteiger partial charge in [0.05, 0.1) is 16.0 Å². The number of ether oxygens (including phenoxy) is 1. The second-order valence-electron chi connectivity index (χ2n) is 6.85. The van der Waals surface area contributed by atoms with Gasteiger partial charge in [0, 0.05) is 24.2 Å². The first-order chi connectivity index (χ1) is 15.7. The Hall–Kier alpha value is -2.40. The number of hydrogen-bond acceptors (Lipinski definition) is 8. The van der Waals surface area contributed by atoms with Crippen molar-refractivity contribution in [3.63, 3.8) is 0 Å². The predicted molar refractivity (Wildman–Crippen MR) is 132 cm³/mol. The standard InChI is InChI=1S/C22H23N5O2S3/c1-3-11-30-22-24-17-10-9-15(12-18(17)32-22)23-20(28)14-31-21-26-25-19(13-29-2)27(21)16-7-5-4-6-8-16/h4-10,12H,3,11,13-14H2,1-2H3,(H,23,28). The minimum Gasteiger partial charge on any atom is -0.377 e. The van der Waals surface area contributed by atoms with Crippen LogP contribution in [0.1, 0.15) is 19.2 Å². The van der Waals surface area contributed by atoms with Gasteiger partial charge in [-0.1, -0.05) is 48.6 Å². The Morgan fingerprint density at radius 2 is 2.00 bits per heavy atom. The maximum atomic E-state index is 12.6. The average molecular weight is 486 g/mol. The number of para-hydroxylation sites is 1. The van der Waals surface area contributed by atoms with E-state index in [1.165, 1.54) is 11.8 Å². The maximum absolute atomic E-state index is 12.6. The van der Waals surface area contributed by atoms with E-state index in [0.29, 0.717) is 17.6 Å². The van der Waals surface area contributed by atoms with Crippen molar-refractivity contribution in [1.29, 1.82) is 0 Å². The van der Waals surface area contributed by atoms with Gasteiger partial charge in [-0.05, 0) is 36.8 Å². The number of fused-ring (bicyclic) bond motifs is 1. The maximum Gasteiger partial charge on any atom is 0.234 e. The molecule has 4 rings (SSSR count). The topological polar surface area (TPSA) is 81.9 Å². The van der Waals surface area contributed by atoms with Crippen LogP contribution in [0, 0.1) is 0 Å². The Balaban J connectivity index is 1.43. The third kappa shape index (κ3) is 5.50. The van der Waals surface area contributed by atoms with Crippen LogP contribution >= 0.6 is 34.9 Å². The van der Waals surface area contributed by atoms with E-state index in [-0.39, 0.29) is 11.7 Å². The average Bonchev–Trinajstić information content (AvgIpc) is 3.40. The summed E-state index contributed by atoms with van der Waals surface area (Å²) < 4.78 is 9.30. The lowest BCUT2D eigenvalue weighted by Gasteiger charge is -2.10. The molecule has 10 heteroatoms. The first kappa shape index (κ1) is 22.8. The molecule has 0 bridgehead atoms. The number of carbonyl (C=O) groups excluding carboxylic acids is 1. The largest absolute Gasteiger partial charge is 0.377 e. The van der Waals surface area contributed by atoms with Gasteiger partial charge < -0.3 is 10.1 Å². The summed E-state index contributed by atoms with van der Waals surface area (Å²) in [7, 11) is 1.62. The zero-order valence-corrected chi connectivity index (χ0v) is 20.2. The molecule has 0 aliphatic carbocycles. The Morgan fingerprint density at radius 1 is 1.16 bits per heavy atom. The summed E-state index contributed by atoms with van der Waals surface area (Å²) in [6.07, 6.45) is 1.12. The van der Waals surface area contributed by atoms with Gasteiger partial charge in [-0.2, -0.15) is 0 Å². The Morgan fingerprint density at radius 3 is 2.78 bits per heavy atom. The number of nitrogens with zero attached hydrogens (tertiary/aromatic N) is 4. The highest BCUT2D eigenvalue weighted by molar-refractivity contribution is 8.01. The van der Waals surface area contributed by atoms with Crippen LogP contribution in [0.25, 0.3) is 15.9 Å². The van der Waals surface area contributed by atoms with Crippen LogP contribution in [0.5, 0.6) is 0 Å². The Kier molecular flexibility index (Phi) is 7.80. The van der Waals surface area contributed by atoms with Crippen LogP contribution in [0.4, 0.5) is 5.69 Å². The lowest BCUT2D eigenvalue weighted by atomic mass is 10.3. The van der Waals surface area contributed by atoms with Gasteiger partial charge in [0.15, 0.2) is 15.3 Å². The third-order valence-corrected chi connectivity index (χ3v) is 7.70. The molecule has 1 amide bonds. The fourth-order valence-electron chi connectivity index (χ4n) is 3.01. The predicted octanol–water partition coefficient (Wildman–Crippen LogP) is 5.26. The van der Waals surface area contributed by atoms with Gasteiger partial charge >= 0.3 is 0 Å². The molecule has 0 radical (unpaired) electrons. The molecule has 2 aromatic heterocycles. The highest BCUT2D eigenvalue weighted by Crippen LogP contribution is 2.31. The van der Waals surface area contributed by atoms with Crippen LogP contribution in [0.2, 0.25) is 0 Å². The van der Waals surface area contributed by atoms with Crippen LogP contribution in [-0.4, -0.2) is 44.3 Å². The number of hydrogen-bond donors (Lipinski definition) is 1. The van der Waals surface area contributed by atoms with Crippen molar-refractivity contribution >= 4 is 56.7 Å². The minimum absolute atomic E-state index is 0.102. The van der Waals surface area contributed by atoms with E-state index >= 15 is 0 Å². The van der Waals surface area contributed by atoms with Crippen molar-refractivity contribution in [3.05, 3.63) is 54.4 Å². The zero-order chi connectivity index (χ0) is 22.3. The van der Waals surface area contributed by atoms with E-state index in [2.05, 4.69) is 27.4 Å². The fraction of sp³-hybridized carbons (Fsp3) is 0.273. The Bertz CT molecular complexity index is 1190. The van der Waals surface area contributed by atoms with Crippen LogP contribution < -0.4 is 5.32 Å². The molecular formula is C22H23N5O2S3. The number of thioether (sulfide) groups is 2. The highest BCUT2D eigenvalue weighted by atomic mass is 32.2. The summed E-state index contributed by atoms with van der Waals surface area (Å²) in [6, 6.07) is 15.6. The normalized spacial score (nSPS) is 11.2. The summed E-state index contributed by atoms with van der Waals surface area (Å²) in [5.74, 6) is 1.86. The van der Waals surface area contributed by atoms with E-state index in [0.717, 1.165) is 38.1 Å². The third-order valence-electron chi connectivity index (χ3n) is 4.40. The van der Waals surface area contributed by atoms with Gasteiger partial charge in [-0.15, -0.1) is 21.5 Å². The number of amides is 1. The molecule has 0 aliphatic heterocycles. The summed E-state index contributed by atoms with van der Waals surface area (Å²) in [5, 5.41) is 12.1. The molecule has 2 aromatic carbocycles. The number of aromatic nitrogens is 4.